The number of nitrogens with zero attached hydrogens (tertiary/aromatic N) is 1. The third kappa shape index (κ3) is 3.28. The zero-order valence-electron chi connectivity index (χ0n) is 8.56. The van der Waals surface area contributed by atoms with Gasteiger partial charge in [0.2, 0.25) is 0 Å². The number of rotatable bonds is 5. The molecular formula is C9H11Cl2NO2S2. The molecule has 0 heterocycles. The van der Waals surface area contributed by atoms with Crippen molar-refractivity contribution in [3.8, 4) is 0 Å². The first-order chi connectivity index (χ1) is 7.52. The van der Waals surface area contributed by atoms with Crippen LogP contribution in [0.5, 0.6) is 0 Å². The first-order valence-electron chi connectivity index (χ1n) is 4.59. The van der Waals surface area contributed by atoms with Gasteiger partial charge < -0.3 is 0 Å². The summed E-state index contributed by atoms with van der Waals surface area (Å²) in [5.41, 5.74) is 0. The predicted molar refractivity (Wildman–Crippen MR) is 69.1 cm³/mol. The molecule has 0 N–H and O–H groups in total. The van der Waals surface area contributed by atoms with Crippen LogP contribution in [0.3, 0.4) is 0 Å². The summed E-state index contributed by atoms with van der Waals surface area (Å²) in [4.78, 5) is 0.193. The molecule has 7 heteroatoms. The lowest BCUT2D eigenvalue weighted by Crippen LogP contribution is -2.24. The van der Waals surface area contributed by atoms with E-state index in [2.05, 4.69) is 0 Å². The lowest BCUT2D eigenvalue weighted by Gasteiger charge is -2.16. The van der Waals surface area contributed by atoms with Crippen molar-refractivity contribution in [2.45, 2.75) is 18.2 Å². The quantitative estimate of drug-likeness (QED) is 0.781. The minimum absolute atomic E-state index is 0.193. The van der Waals surface area contributed by atoms with Crippen molar-refractivity contribution in [2.75, 3.05) is 6.54 Å². The Morgan fingerprint density at radius 1 is 1.31 bits per heavy atom. The van der Waals surface area contributed by atoms with E-state index in [0.29, 0.717) is 29.1 Å². The molecule has 0 saturated carbocycles. The first kappa shape index (κ1) is 14.1. The highest BCUT2D eigenvalue weighted by Crippen LogP contribution is 2.26. The molecule has 1 rings (SSSR count). The molecule has 0 aliphatic carbocycles. The smallest absolute Gasteiger partial charge is 0.206 e. The Hall–Kier alpha value is 0.0600. The molecule has 1 aromatic carbocycles. The van der Waals surface area contributed by atoms with Gasteiger partial charge in [0.1, 0.15) is 0 Å². The molecule has 0 atom stereocenters. The predicted octanol–water partition coefficient (Wildman–Crippen LogP) is 3.54. The fourth-order valence-electron chi connectivity index (χ4n) is 1.10. The summed E-state index contributed by atoms with van der Waals surface area (Å²) < 4.78 is 25.2. The summed E-state index contributed by atoms with van der Waals surface area (Å²) in [6.07, 6.45) is 0.701. The fraction of sp³-hybridized carbons (Fsp3) is 0.333. The van der Waals surface area contributed by atoms with E-state index in [1.54, 1.807) is 0 Å². The Bertz CT molecular complexity index is 433. The SMILES string of the molecule is CCCN(SCl)S(=O)(=O)c1ccc(Cl)cc1. The monoisotopic (exact) mass is 299 g/mol. The van der Waals surface area contributed by atoms with E-state index in [9.17, 15) is 8.42 Å². The van der Waals surface area contributed by atoms with Crippen LogP contribution in [-0.2, 0) is 10.0 Å². The van der Waals surface area contributed by atoms with Gasteiger partial charge in [-0.3, -0.25) is 0 Å². The van der Waals surface area contributed by atoms with Gasteiger partial charge in [0.25, 0.3) is 10.0 Å². The van der Waals surface area contributed by atoms with Gasteiger partial charge in [-0.05, 0) is 41.4 Å². The molecule has 0 spiro atoms. The summed E-state index contributed by atoms with van der Waals surface area (Å²) >= 11 is 6.38. The van der Waals surface area contributed by atoms with Crippen molar-refractivity contribution in [3.05, 3.63) is 29.3 Å². The number of halogens is 2. The van der Waals surface area contributed by atoms with Crippen LogP contribution in [0.15, 0.2) is 29.2 Å². The minimum Gasteiger partial charge on any atom is -0.206 e. The zero-order chi connectivity index (χ0) is 12.2. The molecule has 0 fully saturated rings. The van der Waals surface area contributed by atoms with Gasteiger partial charge in [-0.15, -0.1) is 3.71 Å². The van der Waals surface area contributed by atoms with Crippen LogP contribution in [0.4, 0.5) is 0 Å². The first-order valence-corrected chi connectivity index (χ1v) is 8.01. The van der Waals surface area contributed by atoms with Gasteiger partial charge >= 0.3 is 0 Å². The molecule has 1 aromatic rings. The van der Waals surface area contributed by atoms with Crippen LogP contribution in [0.1, 0.15) is 13.3 Å². The van der Waals surface area contributed by atoms with E-state index in [-0.39, 0.29) is 4.90 Å². The van der Waals surface area contributed by atoms with Crippen LogP contribution >= 0.6 is 33.4 Å². The van der Waals surface area contributed by atoms with Crippen molar-refractivity contribution in [1.82, 2.24) is 3.71 Å². The van der Waals surface area contributed by atoms with Crippen LogP contribution in [-0.4, -0.2) is 18.7 Å². The molecule has 90 valence electrons. The van der Waals surface area contributed by atoms with E-state index in [4.69, 9.17) is 22.3 Å². The largest absolute Gasteiger partial charge is 0.253 e. The Labute approximate surface area is 109 Å². The van der Waals surface area contributed by atoms with Crippen LogP contribution in [0.2, 0.25) is 5.02 Å². The maximum atomic E-state index is 12.0. The van der Waals surface area contributed by atoms with Gasteiger partial charge in [0.05, 0.1) is 4.90 Å². The molecule has 0 aromatic heterocycles. The van der Waals surface area contributed by atoms with Crippen molar-refractivity contribution >= 4 is 43.5 Å². The topological polar surface area (TPSA) is 37.4 Å². The number of sulfonamides is 1. The second-order valence-corrected chi connectivity index (χ2v) is 6.58. The van der Waals surface area contributed by atoms with Crippen molar-refractivity contribution in [1.29, 1.82) is 0 Å². The average molecular weight is 300 g/mol. The standard InChI is InChI=1S/C9H11Cl2NO2S2/c1-2-7-12(15-11)16(13,14)9-5-3-8(10)4-6-9/h3-6H,2,7H2,1H3. The summed E-state index contributed by atoms with van der Waals surface area (Å²) in [6, 6.07) is 6.01. The Kier molecular flexibility index (Phi) is 5.40. The third-order valence-corrected chi connectivity index (χ3v) is 5.60. The van der Waals surface area contributed by atoms with Crippen LogP contribution < -0.4 is 0 Å². The minimum atomic E-state index is -3.52. The molecule has 3 nitrogen and oxygen atoms in total. The van der Waals surface area contributed by atoms with E-state index in [1.165, 1.54) is 24.3 Å². The molecule has 0 aliphatic heterocycles. The van der Waals surface area contributed by atoms with Gasteiger partial charge in [0, 0.05) is 22.7 Å². The molecule has 0 radical (unpaired) electrons. The summed E-state index contributed by atoms with van der Waals surface area (Å²) in [7, 11) is 2.03. The molecule has 0 saturated heterocycles. The number of benzene rings is 1. The van der Waals surface area contributed by atoms with Gasteiger partial charge in [-0.1, -0.05) is 18.5 Å². The fourth-order valence-corrected chi connectivity index (χ4v) is 4.04. The van der Waals surface area contributed by atoms with E-state index >= 15 is 0 Å². The number of hydrogen-bond acceptors (Lipinski definition) is 3. The lowest BCUT2D eigenvalue weighted by atomic mass is 10.4. The Morgan fingerprint density at radius 3 is 2.31 bits per heavy atom. The van der Waals surface area contributed by atoms with Crippen LogP contribution in [0.25, 0.3) is 0 Å². The maximum Gasteiger partial charge on any atom is 0.253 e. The molecular weight excluding hydrogens is 289 g/mol. The lowest BCUT2D eigenvalue weighted by molar-refractivity contribution is 0.541. The highest BCUT2D eigenvalue weighted by atomic mass is 35.7. The summed E-state index contributed by atoms with van der Waals surface area (Å²) in [5, 5.41) is 0.500. The summed E-state index contributed by atoms with van der Waals surface area (Å²) in [5.74, 6) is 0. The second kappa shape index (κ2) is 6.12. The van der Waals surface area contributed by atoms with E-state index < -0.39 is 10.0 Å². The van der Waals surface area contributed by atoms with Gasteiger partial charge in [0.15, 0.2) is 0 Å². The normalized spacial score (nSPS) is 12.0. The van der Waals surface area contributed by atoms with E-state index in [0.717, 1.165) is 3.71 Å². The van der Waals surface area contributed by atoms with Crippen molar-refractivity contribution in [2.24, 2.45) is 0 Å². The molecule has 0 bridgehead atoms. The third-order valence-electron chi connectivity index (χ3n) is 1.86. The zero-order valence-corrected chi connectivity index (χ0v) is 11.7. The molecule has 0 aliphatic rings. The van der Waals surface area contributed by atoms with Crippen molar-refractivity contribution in [3.63, 3.8) is 0 Å². The number of hydrogen-bond donors (Lipinski definition) is 0. The molecule has 0 amide bonds. The molecule has 0 unspecified atom stereocenters. The average Bonchev–Trinajstić information content (AvgIpc) is 2.26. The van der Waals surface area contributed by atoms with E-state index in [1.807, 2.05) is 6.92 Å². The van der Waals surface area contributed by atoms with Gasteiger partial charge in [-0.25, -0.2) is 8.42 Å². The summed E-state index contributed by atoms with van der Waals surface area (Å²) in [6.45, 7) is 2.26. The highest BCUT2D eigenvalue weighted by Gasteiger charge is 2.23. The van der Waals surface area contributed by atoms with Crippen molar-refractivity contribution < 1.29 is 8.42 Å². The maximum absolute atomic E-state index is 12.0. The molecule has 16 heavy (non-hydrogen) atoms. The Balaban J connectivity index is 3.04. The highest BCUT2D eigenvalue weighted by molar-refractivity contribution is 8.24. The second-order valence-electron chi connectivity index (χ2n) is 3.05. The van der Waals surface area contributed by atoms with Crippen LogP contribution in [0, 0.1) is 0 Å². The van der Waals surface area contributed by atoms with Gasteiger partial charge in [-0.2, -0.15) is 0 Å². The Morgan fingerprint density at radius 2 is 1.88 bits per heavy atom.